The smallest absolute Gasteiger partial charge is 0.193 e. The minimum Gasteiger partial charge on any atom is -0.289 e. The van der Waals surface area contributed by atoms with Crippen molar-refractivity contribution >= 4 is 5.78 Å². The maximum atomic E-state index is 13.1. The van der Waals surface area contributed by atoms with Gasteiger partial charge in [-0.15, -0.1) is 0 Å². The molecule has 0 atom stereocenters. The molecule has 0 N–H and O–H groups in total. The summed E-state index contributed by atoms with van der Waals surface area (Å²) in [6, 6.07) is 22.6. The van der Waals surface area contributed by atoms with E-state index in [9.17, 15) is 4.79 Å². The number of hydrogen-bond acceptors (Lipinski definition) is 1. The monoisotopic (exact) mass is 298 g/mol. The Morgan fingerprint density at radius 2 is 1.57 bits per heavy atom. The van der Waals surface area contributed by atoms with Crippen LogP contribution in [0.2, 0.25) is 0 Å². The van der Waals surface area contributed by atoms with Gasteiger partial charge in [0.15, 0.2) is 5.78 Å². The molecule has 0 saturated heterocycles. The minimum atomic E-state index is 0.177. The Bertz CT molecular complexity index is 891. The maximum absolute atomic E-state index is 13.1. The summed E-state index contributed by atoms with van der Waals surface area (Å²) in [4.78, 5) is 13.1. The number of benzene rings is 3. The van der Waals surface area contributed by atoms with Crippen LogP contribution in [0, 0.1) is 6.92 Å². The highest BCUT2D eigenvalue weighted by molar-refractivity contribution is 6.13. The Morgan fingerprint density at radius 3 is 2.39 bits per heavy atom. The van der Waals surface area contributed by atoms with Crippen LogP contribution in [0.5, 0.6) is 0 Å². The molecule has 112 valence electrons. The van der Waals surface area contributed by atoms with Crippen molar-refractivity contribution < 1.29 is 4.79 Å². The largest absolute Gasteiger partial charge is 0.289 e. The number of hydrogen-bond donors (Lipinski definition) is 0. The van der Waals surface area contributed by atoms with Crippen molar-refractivity contribution in [3.05, 3.63) is 106 Å². The molecule has 0 aliphatic heterocycles. The summed E-state index contributed by atoms with van der Waals surface area (Å²) in [6.07, 6.45) is 1.66. The highest BCUT2D eigenvalue weighted by Gasteiger charge is 2.26. The van der Waals surface area contributed by atoms with Crippen molar-refractivity contribution in [1.82, 2.24) is 0 Å². The minimum absolute atomic E-state index is 0.177. The molecule has 1 heteroatoms. The van der Waals surface area contributed by atoms with E-state index >= 15 is 0 Å². The standard InChI is InChI=1S/C22H18O/c1-15-11-12-18-14-17-9-5-6-10-19(17)22(23)21(18)20(15)13-16-7-3-2-4-8-16/h2-12H,13-14H2,1H3. The number of carbonyl (C=O) groups excluding carboxylic acids is 1. The van der Waals surface area contributed by atoms with Gasteiger partial charge in [0.1, 0.15) is 0 Å². The molecule has 0 radical (unpaired) electrons. The van der Waals surface area contributed by atoms with Crippen molar-refractivity contribution in [3.63, 3.8) is 0 Å². The van der Waals surface area contributed by atoms with Crippen LogP contribution in [0.4, 0.5) is 0 Å². The molecule has 1 aliphatic carbocycles. The summed E-state index contributed by atoms with van der Waals surface area (Å²) >= 11 is 0. The fourth-order valence-electron chi connectivity index (χ4n) is 3.49. The van der Waals surface area contributed by atoms with Gasteiger partial charge in [0.2, 0.25) is 0 Å². The SMILES string of the molecule is Cc1ccc2c(c1Cc1ccccc1)C(=O)c1ccccc1C2. The third kappa shape index (κ3) is 2.39. The topological polar surface area (TPSA) is 17.1 Å². The third-order valence-electron chi connectivity index (χ3n) is 4.73. The summed E-state index contributed by atoms with van der Waals surface area (Å²) in [7, 11) is 0. The molecule has 0 saturated carbocycles. The summed E-state index contributed by atoms with van der Waals surface area (Å²) in [5.41, 5.74) is 7.70. The first-order valence-electron chi connectivity index (χ1n) is 8.02. The van der Waals surface area contributed by atoms with Crippen LogP contribution in [-0.2, 0) is 12.8 Å². The van der Waals surface area contributed by atoms with Crippen molar-refractivity contribution in [2.45, 2.75) is 19.8 Å². The van der Waals surface area contributed by atoms with Gasteiger partial charge >= 0.3 is 0 Å². The lowest BCUT2D eigenvalue weighted by Gasteiger charge is -2.22. The molecule has 1 aliphatic rings. The highest BCUT2D eigenvalue weighted by atomic mass is 16.1. The van der Waals surface area contributed by atoms with E-state index < -0.39 is 0 Å². The molecule has 3 aromatic rings. The van der Waals surface area contributed by atoms with Crippen LogP contribution in [0.15, 0.2) is 66.7 Å². The van der Waals surface area contributed by atoms with Crippen molar-refractivity contribution in [1.29, 1.82) is 0 Å². The van der Waals surface area contributed by atoms with Crippen LogP contribution < -0.4 is 0 Å². The van der Waals surface area contributed by atoms with Crippen LogP contribution >= 0.6 is 0 Å². The van der Waals surface area contributed by atoms with Crippen LogP contribution in [0.25, 0.3) is 0 Å². The van der Waals surface area contributed by atoms with E-state index in [1.165, 1.54) is 16.7 Å². The zero-order chi connectivity index (χ0) is 15.8. The zero-order valence-corrected chi connectivity index (χ0v) is 13.2. The molecule has 0 bridgehead atoms. The molecule has 23 heavy (non-hydrogen) atoms. The highest BCUT2D eigenvalue weighted by Crippen LogP contribution is 2.32. The molecule has 0 amide bonds. The van der Waals surface area contributed by atoms with Gasteiger partial charge in [0.25, 0.3) is 0 Å². The average molecular weight is 298 g/mol. The van der Waals surface area contributed by atoms with Gasteiger partial charge < -0.3 is 0 Å². The number of fused-ring (bicyclic) bond motifs is 2. The first kappa shape index (κ1) is 14.0. The lowest BCUT2D eigenvalue weighted by molar-refractivity contribution is 0.103. The third-order valence-corrected chi connectivity index (χ3v) is 4.73. The molecule has 4 rings (SSSR count). The second kappa shape index (κ2) is 5.51. The maximum Gasteiger partial charge on any atom is 0.193 e. The van der Waals surface area contributed by atoms with Crippen LogP contribution in [-0.4, -0.2) is 5.78 Å². The summed E-state index contributed by atoms with van der Waals surface area (Å²) in [5.74, 6) is 0.177. The second-order valence-corrected chi connectivity index (χ2v) is 6.22. The van der Waals surface area contributed by atoms with Gasteiger partial charge in [-0.3, -0.25) is 4.79 Å². The predicted molar refractivity (Wildman–Crippen MR) is 93.1 cm³/mol. The summed E-state index contributed by atoms with van der Waals surface area (Å²) < 4.78 is 0. The van der Waals surface area contributed by atoms with Gasteiger partial charge in [-0.1, -0.05) is 66.7 Å². The molecule has 0 fully saturated rings. The Labute approximate surface area is 136 Å². The first-order valence-corrected chi connectivity index (χ1v) is 8.02. The van der Waals surface area contributed by atoms with Gasteiger partial charge in [-0.2, -0.15) is 0 Å². The van der Waals surface area contributed by atoms with E-state index in [1.54, 1.807) is 0 Å². The summed E-state index contributed by atoms with van der Waals surface area (Å²) in [6.45, 7) is 2.10. The fraction of sp³-hybridized carbons (Fsp3) is 0.136. The first-order chi connectivity index (χ1) is 11.2. The Balaban J connectivity index is 1.86. The molecular formula is C22H18O. The molecule has 1 nitrogen and oxygen atoms in total. The molecule has 3 aromatic carbocycles. The van der Waals surface area contributed by atoms with E-state index in [-0.39, 0.29) is 5.78 Å². The van der Waals surface area contributed by atoms with Crippen LogP contribution in [0.3, 0.4) is 0 Å². The van der Waals surface area contributed by atoms with E-state index in [2.05, 4.69) is 49.4 Å². The number of ketones is 1. The van der Waals surface area contributed by atoms with Crippen molar-refractivity contribution in [2.24, 2.45) is 0 Å². The lowest BCUT2D eigenvalue weighted by Crippen LogP contribution is -2.18. The summed E-state index contributed by atoms with van der Waals surface area (Å²) in [5, 5.41) is 0. The van der Waals surface area contributed by atoms with E-state index in [1.807, 2.05) is 24.3 Å². The molecule has 0 unspecified atom stereocenters. The Kier molecular flexibility index (Phi) is 3.34. The number of carbonyl (C=O) groups is 1. The predicted octanol–water partition coefficient (Wildman–Crippen LogP) is 4.72. The molecule has 0 spiro atoms. The number of aryl methyl sites for hydroxylation is 1. The van der Waals surface area contributed by atoms with Gasteiger partial charge in [0, 0.05) is 11.1 Å². The van der Waals surface area contributed by atoms with Crippen molar-refractivity contribution in [3.8, 4) is 0 Å². The Hall–Kier alpha value is -2.67. The second-order valence-electron chi connectivity index (χ2n) is 6.22. The van der Waals surface area contributed by atoms with E-state index in [4.69, 9.17) is 0 Å². The number of rotatable bonds is 2. The van der Waals surface area contributed by atoms with Gasteiger partial charge in [-0.25, -0.2) is 0 Å². The van der Waals surface area contributed by atoms with E-state index in [0.29, 0.717) is 0 Å². The molecule has 0 heterocycles. The van der Waals surface area contributed by atoms with E-state index in [0.717, 1.165) is 35.1 Å². The van der Waals surface area contributed by atoms with Gasteiger partial charge in [-0.05, 0) is 47.6 Å². The lowest BCUT2D eigenvalue weighted by atomic mass is 9.80. The fourth-order valence-corrected chi connectivity index (χ4v) is 3.49. The average Bonchev–Trinajstić information content (AvgIpc) is 2.59. The van der Waals surface area contributed by atoms with Crippen LogP contribution in [0.1, 0.15) is 43.7 Å². The van der Waals surface area contributed by atoms with Crippen molar-refractivity contribution in [2.75, 3.05) is 0 Å². The quantitative estimate of drug-likeness (QED) is 0.523. The van der Waals surface area contributed by atoms with Gasteiger partial charge in [0.05, 0.1) is 0 Å². The normalized spacial score (nSPS) is 12.7. The Morgan fingerprint density at radius 1 is 0.826 bits per heavy atom. The molecule has 0 aromatic heterocycles. The zero-order valence-electron chi connectivity index (χ0n) is 13.2. The molecular weight excluding hydrogens is 280 g/mol.